The van der Waals surface area contributed by atoms with Crippen LogP contribution in [0.5, 0.6) is 11.5 Å². The standard InChI is InChI=1S/C16H21N3O3/c1-5-19-16(20)13(8-10(2)18-19)15(17)12-7-6-11(21-3)9-14(12)22-4/h6-9,15H,5,17H2,1-4H3. The van der Waals surface area contributed by atoms with Crippen LogP contribution in [-0.2, 0) is 6.54 Å². The van der Waals surface area contributed by atoms with Crippen LogP contribution in [0.3, 0.4) is 0 Å². The van der Waals surface area contributed by atoms with Crippen molar-refractivity contribution in [2.24, 2.45) is 5.73 Å². The molecule has 1 aromatic carbocycles. The summed E-state index contributed by atoms with van der Waals surface area (Å²) in [5, 5.41) is 4.20. The maximum atomic E-state index is 12.4. The molecule has 0 amide bonds. The first-order valence-electron chi connectivity index (χ1n) is 7.08. The van der Waals surface area contributed by atoms with Crippen molar-refractivity contribution in [2.45, 2.75) is 26.4 Å². The largest absolute Gasteiger partial charge is 0.497 e. The van der Waals surface area contributed by atoms with Crippen LogP contribution in [0.4, 0.5) is 0 Å². The first-order chi connectivity index (χ1) is 10.5. The van der Waals surface area contributed by atoms with Gasteiger partial charge in [-0.05, 0) is 32.0 Å². The fourth-order valence-corrected chi connectivity index (χ4v) is 2.38. The third-order valence-corrected chi connectivity index (χ3v) is 3.53. The molecule has 0 aliphatic heterocycles. The molecule has 0 saturated heterocycles. The Bertz CT molecular complexity index is 725. The van der Waals surface area contributed by atoms with E-state index < -0.39 is 6.04 Å². The summed E-state index contributed by atoms with van der Waals surface area (Å²) in [4.78, 5) is 12.4. The fraction of sp³-hybridized carbons (Fsp3) is 0.375. The van der Waals surface area contributed by atoms with Crippen LogP contribution in [0, 0.1) is 6.92 Å². The SMILES string of the molecule is CCn1nc(C)cc(C(N)c2ccc(OC)cc2OC)c1=O. The molecule has 1 unspecified atom stereocenters. The molecule has 0 saturated carbocycles. The lowest BCUT2D eigenvalue weighted by molar-refractivity contribution is 0.389. The molecule has 1 heterocycles. The van der Waals surface area contributed by atoms with E-state index in [-0.39, 0.29) is 5.56 Å². The van der Waals surface area contributed by atoms with Gasteiger partial charge in [0.25, 0.3) is 5.56 Å². The molecule has 0 fully saturated rings. The topological polar surface area (TPSA) is 79.4 Å². The van der Waals surface area contributed by atoms with Crippen LogP contribution in [-0.4, -0.2) is 24.0 Å². The van der Waals surface area contributed by atoms with Crippen molar-refractivity contribution in [1.82, 2.24) is 9.78 Å². The van der Waals surface area contributed by atoms with Crippen LogP contribution in [0.15, 0.2) is 29.1 Å². The maximum absolute atomic E-state index is 12.4. The smallest absolute Gasteiger partial charge is 0.271 e. The Kier molecular flexibility index (Phi) is 4.82. The molecule has 0 bridgehead atoms. The number of hydrogen-bond acceptors (Lipinski definition) is 5. The second-order valence-corrected chi connectivity index (χ2v) is 4.95. The van der Waals surface area contributed by atoms with E-state index >= 15 is 0 Å². The highest BCUT2D eigenvalue weighted by atomic mass is 16.5. The number of methoxy groups -OCH3 is 2. The lowest BCUT2D eigenvalue weighted by Crippen LogP contribution is -2.30. The lowest BCUT2D eigenvalue weighted by Gasteiger charge is -2.17. The molecule has 1 atom stereocenters. The molecule has 2 aromatic rings. The Morgan fingerprint density at radius 3 is 2.55 bits per heavy atom. The van der Waals surface area contributed by atoms with Gasteiger partial charge in [0.15, 0.2) is 0 Å². The van der Waals surface area contributed by atoms with Crippen molar-refractivity contribution < 1.29 is 9.47 Å². The Morgan fingerprint density at radius 1 is 1.23 bits per heavy atom. The summed E-state index contributed by atoms with van der Waals surface area (Å²) < 4.78 is 12.0. The first kappa shape index (κ1) is 16.0. The number of aromatic nitrogens is 2. The van der Waals surface area contributed by atoms with Gasteiger partial charge in [-0.2, -0.15) is 5.10 Å². The summed E-state index contributed by atoms with van der Waals surface area (Å²) >= 11 is 0. The van der Waals surface area contributed by atoms with E-state index in [1.807, 2.05) is 19.9 Å². The van der Waals surface area contributed by atoms with Crippen molar-refractivity contribution >= 4 is 0 Å². The van der Waals surface area contributed by atoms with Gasteiger partial charge in [0.05, 0.1) is 26.0 Å². The van der Waals surface area contributed by atoms with E-state index in [9.17, 15) is 4.79 Å². The summed E-state index contributed by atoms with van der Waals surface area (Å²) in [7, 11) is 3.15. The third-order valence-electron chi connectivity index (χ3n) is 3.53. The number of rotatable bonds is 5. The second kappa shape index (κ2) is 6.62. The average molecular weight is 303 g/mol. The van der Waals surface area contributed by atoms with Crippen molar-refractivity contribution in [1.29, 1.82) is 0 Å². The molecule has 0 spiro atoms. The molecule has 118 valence electrons. The minimum Gasteiger partial charge on any atom is -0.497 e. The van der Waals surface area contributed by atoms with Gasteiger partial charge in [-0.3, -0.25) is 4.79 Å². The minimum atomic E-state index is -0.590. The summed E-state index contributed by atoms with van der Waals surface area (Å²) in [6.45, 7) is 4.21. The van der Waals surface area contributed by atoms with Gasteiger partial charge in [-0.25, -0.2) is 4.68 Å². The van der Waals surface area contributed by atoms with Crippen LogP contribution in [0.2, 0.25) is 0 Å². The number of ether oxygens (including phenoxy) is 2. The number of aryl methyl sites for hydroxylation is 2. The van der Waals surface area contributed by atoms with E-state index in [0.717, 1.165) is 11.3 Å². The quantitative estimate of drug-likeness (QED) is 0.908. The van der Waals surface area contributed by atoms with E-state index in [0.29, 0.717) is 23.6 Å². The van der Waals surface area contributed by atoms with Crippen molar-refractivity contribution in [3.63, 3.8) is 0 Å². The summed E-state index contributed by atoms with van der Waals surface area (Å²) in [6, 6.07) is 6.50. The van der Waals surface area contributed by atoms with E-state index in [4.69, 9.17) is 15.2 Å². The van der Waals surface area contributed by atoms with Crippen molar-refractivity contribution in [2.75, 3.05) is 14.2 Å². The molecule has 0 aliphatic rings. The molecule has 2 rings (SSSR count). The second-order valence-electron chi connectivity index (χ2n) is 4.95. The first-order valence-corrected chi connectivity index (χ1v) is 7.08. The van der Waals surface area contributed by atoms with Crippen LogP contribution in [0.25, 0.3) is 0 Å². The van der Waals surface area contributed by atoms with Gasteiger partial charge in [0.2, 0.25) is 0 Å². The maximum Gasteiger partial charge on any atom is 0.271 e. The summed E-state index contributed by atoms with van der Waals surface area (Å²) in [6.07, 6.45) is 0. The van der Waals surface area contributed by atoms with Gasteiger partial charge in [0, 0.05) is 23.7 Å². The van der Waals surface area contributed by atoms with Crippen molar-refractivity contribution in [3.05, 3.63) is 51.4 Å². The molecular weight excluding hydrogens is 282 g/mol. The molecule has 0 radical (unpaired) electrons. The lowest BCUT2D eigenvalue weighted by atomic mass is 9.99. The molecule has 0 aliphatic carbocycles. The van der Waals surface area contributed by atoms with Gasteiger partial charge in [-0.1, -0.05) is 0 Å². The number of benzene rings is 1. The highest BCUT2D eigenvalue weighted by Crippen LogP contribution is 2.30. The Labute approximate surface area is 129 Å². The highest BCUT2D eigenvalue weighted by molar-refractivity contribution is 5.45. The minimum absolute atomic E-state index is 0.182. The Balaban J connectivity index is 2.55. The Hall–Kier alpha value is -2.34. The predicted molar refractivity (Wildman–Crippen MR) is 84.5 cm³/mol. The zero-order valence-corrected chi connectivity index (χ0v) is 13.3. The number of nitrogens with zero attached hydrogens (tertiary/aromatic N) is 2. The third kappa shape index (κ3) is 2.96. The highest BCUT2D eigenvalue weighted by Gasteiger charge is 2.19. The van der Waals surface area contributed by atoms with Gasteiger partial charge in [-0.15, -0.1) is 0 Å². The van der Waals surface area contributed by atoms with Crippen molar-refractivity contribution in [3.8, 4) is 11.5 Å². The van der Waals surface area contributed by atoms with Crippen LogP contribution < -0.4 is 20.8 Å². The molecule has 22 heavy (non-hydrogen) atoms. The fourth-order valence-electron chi connectivity index (χ4n) is 2.38. The van der Waals surface area contributed by atoms with E-state index in [2.05, 4.69) is 5.10 Å². The number of hydrogen-bond donors (Lipinski definition) is 1. The van der Waals surface area contributed by atoms with Crippen LogP contribution >= 0.6 is 0 Å². The summed E-state index contributed by atoms with van der Waals surface area (Å²) in [5.41, 5.74) is 8.11. The molecule has 6 nitrogen and oxygen atoms in total. The van der Waals surface area contributed by atoms with Gasteiger partial charge < -0.3 is 15.2 Å². The molecule has 1 aromatic heterocycles. The summed E-state index contributed by atoms with van der Waals surface area (Å²) in [5.74, 6) is 1.26. The van der Waals surface area contributed by atoms with E-state index in [1.165, 1.54) is 4.68 Å². The van der Waals surface area contributed by atoms with E-state index in [1.54, 1.807) is 32.4 Å². The van der Waals surface area contributed by atoms with Gasteiger partial charge >= 0.3 is 0 Å². The predicted octanol–water partition coefficient (Wildman–Crippen LogP) is 1.64. The molecule has 2 N–H and O–H groups in total. The number of nitrogens with two attached hydrogens (primary N) is 1. The van der Waals surface area contributed by atoms with Crippen LogP contribution in [0.1, 0.15) is 29.8 Å². The molecule has 6 heteroatoms. The van der Waals surface area contributed by atoms with Gasteiger partial charge in [0.1, 0.15) is 11.5 Å². The zero-order chi connectivity index (χ0) is 16.3. The Morgan fingerprint density at radius 2 is 1.95 bits per heavy atom. The average Bonchev–Trinajstić information content (AvgIpc) is 2.55. The normalized spacial score (nSPS) is 12.0. The zero-order valence-electron chi connectivity index (χ0n) is 13.3. The molecular formula is C16H21N3O3. The monoisotopic (exact) mass is 303 g/mol.